The monoisotopic (exact) mass is 302 g/mol. The number of carbonyl (C=O) groups is 1. The van der Waals surface area contributed by atoms with Gasteiger partial charge < -0.3 is 14.6 Å². The van der Waals surface area contributed by atoms with Crippen LogP contribution >= 0.6 is 0 Å². The van der Waals surface area contributed by atoms with Crippen molar-refractivity contribution in [2.75, 3.05) is 18.0 Å². The minimum Gasteiger partial charge on any atom is -0.448 e. The van der Waals surface area contributed by atoms with E-state index in [1.165, 1.54) is 6.39 Å². The summed E-state index contributed by atoms with van der Waals surface area (Å²) in [5.41, 5.74) is 1.34. The molecule has 0 atom stereocenters. The van der Waals surface area contributed by atoms with Crippen molar-refractivity contribution in [2.45, 2.75) is 33.7 Å². The average molecular weight is 302 g/mol. The second-order valence-corrected chi connectivity index (χ2v) is 4.82. The van der Waals surface area contributed by atoms with Gasteiger partial charge in [0.25, 0.3) is 5.91 Å². The van der Waals surface area contributed by atoms with Crippen molar-refractivity contribution in [1.82, 2.24) is 15.3 Å². The third-order valence-corrected chi connectivity index (χ3v) is 3.55. The van der Waals surface area contributed by atoms with Crippen LogP contribution in [0.4, 0.5) is 5.82 Å². The van der Waals surface area contributed by atoms with Crippen molar-refractivity contribution < 1.29 is 9.21 Å². The molecule has 2 heterocycles. The zero-order valence-corrected chi connectivity index (χ0v) is 13.3. The Labute approximate surface area is 130 Å². The largest absolute Gasteiger partial charge is 0.448 e. The van der Waals surface area contributed by atoms with E-state index in [1.54, 1.807) is 6.20 Å². The van der Waals surface area contributed by atoms with Crippen molar-refractivity contribution in [2.24, 2.45) is 0 Å². The predicted octanol–water partition coefficient (Wildman–Crippen LogP) is 2.41. The maximum Gasteiger partial charge on any atom is 0.273 e. The number of rotatable bonds is 7. The van der Waals surface area contributed by atoms with Gasteiger partial charge in [-0.3, -0.25) is 4.79 Å². The summed E-state index contributed by atoms with van der Waals surface area (Å²) < 4.78 is 5.19. The number of hydrogen-bond acceptors (Lipinski definition) is 5. The Kier molecular flexibility index (Phi) is 5.52. The number of anilines is 1. The van der Waals surface area contributed by atoms with Gasteiger partial charge in [0, 0.05) is 37.8 Å². The van der Waals surface area contributed by atoms with E-state index < -0.39 is 0 Å². The molecular formula is C16H22N4O2. The predicted molar refractivity (Wildman–Crippen MR) is 84.8 cm³/mol. The molecule has 6 heteroatoms. The minimum atomic E-state index is -0.222. The van der Waals surface area contributed by atoms with E-state index >= 15 is 0 Å². The number of oxazole rings is 1. The second kappa shape index (κ2) is 7.59. The molecule has 0 saturated carbocycles. The molecule has 0 aliphatic heterocycles. The van der Waals surface area contributed by atoms with Gasteiger partial charge in [-0.25, -0.2) is 9.97 Å². The Morgan fingerprint density at radius 2 is 2.05 bits per heavy atom. The third-order valence-electron chi connectivity index (χ3n) is 3.55. The molecule has 118 valence electrons. The van der Waals surface area contributed by atoms with Crippen LogP contribution in [0.2, 0.25) is 0 Å². The molecule has 6 nitrogen and oxygen atoms in total. The first-order valence-electron chi connectivity index (χ1n) is 7.60. The quantitative estimate of drug-likeness (QED) is 0.850. The van der Waals surface area contributed by atoms with Gasteiger partial charge in [-0.2, -0.15) is 0 Å². The number of aromatic nitrogens is 2. The Morgan fingerprint density at radius 3 is 2.73 bits per heavy atom. The topological polar surface area (TPSA) is 71.3 Å². The zero-order chi connectivity index (χ0) is 15.9. The number of amides is 1. The smallest absolute Gasteiger partial charge is 0.273 e. The van der Waals surface area contributed by atoms with Gasteiger partial charge in [-0.1, -0.05) is 13.0 Å². The fourth-order valence-corrected chi connectivity index (χ4v) is 2.34. The first-order chi connectivity index (χ1) is 10.7. The molecule has 0 aliphatic carbocycles. The summed E-state index contributed by atoms with van der Waals surface area (Å²) in [6.45, 7) is 8.26. The lowest BCUT2D eigenvalue weighted by Gasteiger charge is -2.22. The molecule has 2 aromatic rings. The molecule has 0 saturated heterocycles. The molecule has 1 N–H and O–H groups in total. The highest BCUT2D eigenvalue weighted by atomic mass is 16.3. The van der Waals surface area contributed by atoms with Gasteiger partial charge in [0.05, 0.1) is 0 Å². The summed E-state index contributed by atoms with van der Waals surface area (Å²) in [6, 6.07) is 3.85. The first-order valence-corrected chi connectivity index (χ1v) is 7.60. The van der Waals surface area contributed by atoms with Crippen molar-refractivity contribution in [3.63, 3.8) is 0 Å². The van der Waals surface area contributed by atoms with E-state index in [1.807, 2.05) is 19.1 Å². The molecule has 0 aliphatic rings. The van der Waals surface area contributed by atoms with Gasteiger partial charge in [-0.15, -0.1) is 0 Å². The summed E-state index contributed by atoms with van der Waals surface area (Å²) in [5.74, 6) is 1.29. The van der Waals surface area contributed by atoms with Crippen LogP contribution in [0, 0.1) is 0 Å². The molecule has 0 fully saturated rings. The van der Waals surface area contributed by atoms with Crippen LogP contribution in [0.3, 0.4) is 0 Å². The lowest BCUT2D eigenvalue weighted by atomic mass is 10.2. The van der Waals surface area contributed by atoms with E-state index in [0.29, 0.717) is 24.4 Å². The fourth-order valence-electron chi connectivity index (χ4n) is 2.34. The van der Waals surface area contributed by atoms with Crippen LogP contribution in [0.1, 0.15) is 42.6 Å². The number of aryl methyl sites for hydroxylation is 1. The first kappa shape index (κ1) is 16.0. The highest BCUT2D eigenvalue weighted by molar-refractivity contribution is 5.93. The Bertz CT molecular complexity index is 620. The summed E-state index contributed by atoms with van der Waals surface area (Å²) in [7, 11) is 0. The number of pyridine rings is 1. The molecule has 0 radical (unpaired) electrons. The fraction of sp³-hybridized carbons (Fsp3) is 0.438. The summed E-state index contributed by atoms with van der Waals surface area (Å²) in [5, 5.41) is 2.89. The molecule has 1 amide bonds. The molecule has 2 rings (SSSR count). The molecule has 0 unspecified atom stereocenters. The number of nitrogens with zero attached hydrogens (tertiary/aromatic N) is 3. The van der Waals surface area contributed by atoms with E-state index in [-0.39, 0.29) is 5.91 Å². The maximum absolute atomic E-state index is 12.2. The highest BCUT2D eigenvalue weighted by Gasteiger charge is 2.16. The Hall–Kier alpha value is -2.37. The SMILES string of the molecule is CCc1ocnc1C(=O)NCc1cccnc1N(CC)CC. The van der Waals surface area contributed by atoms with Crippen molar-refractivity contribution in [3.8, 4) is 0 Å². The van der Waals surface area contributed by atoms with Gasteiger partial charge in [-0.05, 0) is 19.9 Å². The lowest BCUT2D eigenvalue weighted by Crippen LogP contribution is -2.28. The van der Waals surface area contributed by atoms with Crippen molar-refractivity contribution in [1.29, 1.82) is 0 Å². The van der Waals surface area contributed by atoms with Crippen LogP contribution < -0.4 is 10.2 Å². The van der Waals surface area contributed by atoms with Gasteiger partial charge in [0.2, 0.25) is 0 Å². The normalized spacial score (nSPS) is 10.5. The summed E-state index contributed by atoms with van der Waals surface area (Å²) in [6.07, 6.45) is 3.71. The number of hydrogen-bond donors (Lipinski definition) is 1. The molecule has 0 spiro atoms. The number of nitrogens with one attached hydrogen (secondary N) is 1. The van der Waals surface area contributed by atoms with Gasteiger partial charge >= 0.3 is 0 Å². The average Bonchev–Trinajstić information content (AvgIpc) is 3.03. The van der Waals surface area contributed by atoms with Crippen LogP contribution in [0.5, 0.6) is 0 Å². The maximum atomic E-state index is 12.2. The molecular weight excluding hydrogens is 280 g/mol. The van der Waals surface area contributed by atoms with E-state index in [9.17, 15) is 4.79 Å². The lowest BCUT2D eigenvalue weighted by molar-refractivity contribution is 0.0944. The third kappa shape index (κ3) is 3.44. The van der Waals surface area contributed by atoms with Crippen LogP contribution in [-0.2, 0) is 13.0 Å². The minimum absolute atomic E-state index is 0.222. The van der Waals surface area contributed by atoms with Crippen molar-refractivity contribution in [3.05, 3.63) is 41.7 Å². The summed E-state index contributed by atoms with van der Waals surface area (Å²) in [4.78, 5) is 22.8. The standard InChI is InChI=1S/C16H22N4O2/c1-4-13-14(19-11-22-13)16(21)18-10-12-8-7-9-17-15(12)20(5-2)6-3/h7-9,11H,4-6,10H2,1-3H3,(H,18,21). The van der Waals surface area contributed by atoms with Crippen LogP contribution in [0.15, 0.2) is 29.1 Å². The van der Waals surface area contributed by atoms with E-state index in [2.05, 4.69) is 34.0 Å². The number of carbonyl (C=O) groups excluding carboxylic acids is 1. The molecule has 22 heavy (non-hydrogen) atoms. The Balaban J connectivity index is 2.10. The zero-order valence-electron chi connectivity index (χ0n) is 13.3. The van der Waals surface area contributed by atoms with Gasteiger partial charge in [0.15, 0.2) is 12.1 Å². The van der Waals surface area contributed by atoms with Crippen molar-refractivity contribution >= 4 is 11.7 Å². The van der Waals surface area contributed by atoms with E-state index in [4.69, 9.17) is 4.42 Å². The molecule has 0 bridgehead atoms. The second-order valence-electron chi connectivity index (χ2n) is 4.82. The Morgan fingerprint density at radius 1 is 1.27 bits per heavy atom. The highest BCUT2D eigenvalue weighted by Crippen LogP contribution is 2.17. The molecule has 2 aromatic heterocycles. The van der Waals surface area contributed by atoms with E-state index in [0.717, 1.165) is 24.5 Å². The van der Waals surface area contributed by atoms with Crippen LogP contribution in [0.25, 0.3) is 0 Å². The summed E-state index contributed by atoms with van der Waals surface area (Å²) >= 11 is 0. The van der Waals surface area contributed by atoms with Crippen LogP contribution in [-0.4, -0.2) is 29.0 Å². The molecule has 0 aromatic carbocycles. The van der Waals surface area contributed by atoms with Gasteiger partial charge in [0.1, 0.15) is 11.6 Å².